The lowest BCUT2D eigenvalue weighted by atomic mass is 10.2. The Hall–Kier alpha value is -3.25. The number of hydrogen-bond donors (Lipinski definition) is 1. The summed E-state index contributed by atoms with van der Waals surface area (Å²) in [6.45, 7) is 0.309. The van der Waals surface area contributed by atoms with Gasteiger partial charge in [-0.25, -0.2) is 9.97 Å². The molecule has 0 radical (unpaired) electrons. The summed E-state index contributed by atoms with van der Waals surface area (Å²) < 4.78 is 5.43. The fourth-order valence-corrected chi connectivity index (χ4v) is 3.13. The molecular formula is C20H15N3O2S. The van der Waals surface area contributed by atoms with Gasteiger partial charge in [0.25, 0.3) is 0 Å². The molecule has 0 aliphatic heterocycles. The molecule has 4 aromatic rings. The molecule has 1 aromatic carbocycles. The Morgan fingerprint density at radius 3 is 2.92 bits per heavy atom. The van der Waals surface area contributed by atoms with E-state index in [1.165, 1.54) is 6.08 Å². The van der Waals surface area contributed by atoms with Gasteiger partial charge in [-0.15, -0.1) is 11.3 Å². The summed E-state index contributed by atoms with van der Waals surface area (Å²) in [6.07, 6.45) is 4.73. The van der Waals surface area contributed by atoms with E-state index in [4.69, 9.17) is 4.42 Å². The molecule has 0 bridgehead atoms. The number of carbonyl (C=O) groups is 1. The van der Waals surface area contributed by atoms with E-state index in [1.54, 1.807) is 23.7 Å². The molecule has 0 saturated heterocycles. The molecule has 5 nitrogen and oxygen atoms in total. The lowest BCUT2D eigenvalue weighted by Gasteiger charge is -1.99. The summed E-state index contributed by atoms with van der Waals surface area (Å²) in [5.41, 5.74) is 2.32. The van der Waals surface area contributed by atoms with Gasteiger partial charge in [0.05, 0.1) is 28.3 Å². The van der Waals surface area contributed by atoms with Crippen molar-refractivity contribution in [3.63, 3.8) is 0 Å². The highest BCUT2D eigenvalue weighted by molar-refractivity contribution is 7.13. The number of fused-ring (bicyclic) bond motifs is 1. The Balaban J connectivity index is 1.36. The van der Waals surface area contributed by atoms with Crippen LogP contribution in [0.1, 0.15) is 11.4 Å². The van der Waals surface area contributed by atoms with Crippen LogP contribution < -0.4 is 5.32 Å². The zero-order valence-electron chi connectivity index (χ0n) is 13.8. The Bertz CT molecular complexity index is 1070. The highest BCUT2D eigenvalue weighted by Crippen LogP contribution is 2.23. The summed E-state index contributed by atoms with van der Waals surface area (Å²) in [4.78, 5) is 21.8. The Kier molecular flexibility index (Phi) is 4.57. The first kappa shape index (κ1) is 16.2. The highest BCUT2D eigenvalue weighted by Gasteiger charge is 2.08. The number of nitrogens with zero attached hydrogens (tertiary/aromatic N) is 2. The van der Waals surface area contributed by atoms with Crippen molar-refractivity contribution in [1.29, 1.82) is 0 Å². The van der Waals surface area contributed by atoms with Crippen molar-refractivity contribution in [3.05, 3.63) is 77.6 Å². The van der Waals surface area contributed by atoms with Crippen molar-refractivity contribution in [2.45, 2.75) is 6.54 Å². The standard InChI is InChI=1S/C20H15N3O2S/c24-19(10-9-15-8-7-14-4-1-2-5-17(14)22-15)21-12-16-13-25-20(23-16)18-6-3-11-26-18/h1-11,13H,12H2,(H,21,24)/b10-9+. The predicted molar refractivity (Wildman–Crippen MR) is 102 cm³/mol. The fraction of sp³-hybridized carbons (Fsp3) is 0.0500. The first-order valence-electron chi connectivity index (χ1n) is 8.08. The maximum absolute atomic E-state index is 12.0. The molecular weight excluding hydrogens is 346 g/mol. The molecule has 0 aliphatic rings. The number of carbonyl (C=O) groups excluding carboxylic acids is 1. The van der Waals surface area contributed by atoms with Crippen LogP contribution in [0.4, 0.5) is 0 Å². The third-order valence-electron chi connectivity index (χ3n) is 3.75. The molecule has 3 heterocycles. The van der Waals surface area contributed by atoms with Gasteiger partial charge < -0.3 is 9.73 Å². The largest absolute Gasteiger partial charge is 0.443 e. The molecule has 0 aliphatic carbocycles. The van der Waals surface area contributed by atoms with E-state index in [1.807, 2.05) is 53.9 Å². The van der Waals surface area contributed by atoms with Gasteiger partial charge in [-0.3, -0.25) is 4.79 Å². The number of para-hydroxylation sites is 1. The van der Waals surface area contributed by atoms with Crippen LogP contribution in [-0.4, -0.2) is 15.9 Å². The molecule has 0 saturated carbocycles. The number of amides is 1. The van der Waals surface area contributed by atoms with Crippen LogP contribution in [0.3, 0.4) is 0 Å². The predicted octanol–water partition coefficient (Wildman–Crippen LogP) is 4.28. The van der Waals surface area contributed by atoms with Gasteiger partial charge in [-0.05, 0) is 29.7 Å². The molecule has 0 spiro atoms. The van der Waals surface area contributed by atoms with E-state index < -0.39 is 0 Å². The lowest BCUT2D eigenvalue weighted by molar-refractivity contribution is -0.116. The van der Waals surface area contributed by atoms with E-state index in [0.717, 1.165) is 21.5 Å². The van der Waals surface area contributed by atoms with Crippen LogP contribution in [0.5, 0.6) is 0 Å². The van der Waals surface area contributed by atoms with Crippen LogP contribution in [0.2, 0.25) is 0 Å². The van der Waals surface area contributed by atoms with Crippen molar-refractivity contribution in [2.75, 3.05) is 0 Å². The first-order chi connectivity index (χ1) is 12.8. The SMILES string of the molecule is O=C(/C=C/c1ccc2ccccc2n1)NCc1coc(-c2cccs2)n1. The fourth-order valence-electron chi connectivity index (χ4n) is 2.47. The number of pyridine rings is 1. The summed E-state index contributed by atoms with van der Waals surface area (Å²) >= 11 is 1.56. The van der Waals surface area contributed by atoms with E-state index in [-0.39, 0.29) is 5.91 Å². The first-order valence-corrected chi connectivity index (χ1v) is 8.96. The van der Waals surface area contributed by atoms with Gasteiger partial charge in [0, 0.05) is 11.5 Å². The minimum Gasteiger partial charge on any atom is -0.443 e. The highest BCUT2D eigenvalue weighted by atomic mass is 32.1. The van der Waals surface area contributed by atoms with Gasteiger partial charge in [0.15, 0.2) is 0 Å². The molecule has 4 rings (SSSR count). The second-order valence-corrected chi connectivity index (χ2v) is 6.55. The molecule has 26 heavy (non-hydrogen) atoms. The normalized spacial score (nSPS) is 11.2. The maximum atomic E-state index is 12.0. The molecule has 0 fully saturated rings. The van der Waals surface area contributed by atoms with Crippen molar-refractivity contribution in [1.82, 2.24) is 15.3 Å². The van der Waals surface area contributed by atoms with Crippen LogP contribution in [-0.2, 0) is 11.3 Å². The molecule has 6 heteroatoms. The number of hydrogen-bond acceptors (Lipinski definition) is 5. The maximum Gasteiger partial charge on any atom is 0.244 e. The Morgan fingerprint density at radius 1 is 1.12 bits per heavy atom. The topological polar surface area (TPSA) is 68.0 Å². The van der Waals surface area contributed by atoms with Crippen LogP contribution in [0, 0.1) is 0 Å². The van der Waals surface area contributed by atoms with Gasteiger partial charge in [-0.2, -0.15) is 0 Å². The summed E-state index contributed by atoms with van der Waals surface area (Å²) in [5.74, 6) is 0.362. The second-order valence-electron chi connectivity index (χ2n) is 5.60. The Morgan fingerprint density at radius 2 is 2.04 bits per heavy atom. The minimum absolute atomic E-state index is 0.208. The molecule has 1 N–H and O–H groups in total. The van der Waals surface area contributed by atoms with Gasteiger partial charge in [-0.1, -0.05) is 30.3 Å². The van der Waals surface area contributed by atoms with Crippen LogP contribution >= 0.6 is 11.3 Å². The van der Waals surface area contributed by atoms with Crippen molar-refractivity contribution < 1.29 is 9.21 Å². The van der Waals surface area contributed by atoms with Gasteiger partial charge in [0.1, 0.15) is 6.26 Å². The number of aromatic nitrogens is 2. The van der Waals surface area contributed by atoms with E-state index in [2.05, 4.69) is 15.3 Å². The third kappa shape index (κ3) is 3.70. The van der Waals surface area contributed by atoms with Crippen LogP contribution in [0.25, 0.3) is 27.7 Å². The summed E-state index contributed by atoms with van der Waals surface area (Å²) in [6, 6.07) is 15.6. The molecule has 128 valence electrons. The quantitative estimate of drug-likeness (QED) is 0.539. The summed E-state index contributed by atoms with van der Waals surface area (Å²) in [7, 11) is 0. The smallest absolute Gasteiger partial charge is 0.244 e. The van der Waals surface area contributed by atoms with Gasteiger partial charge >= 0.3 is 0 Å². The van der Waals surface area contributed by atoms with E-state index in [0.29, 0.717) is 18.1 Å². The van der Waals surface area contributed by atoms with E-state index in [9.17, 15) is 4.79 Å². The second kappa shape index (κ2) is 7.33. The third-order valence-corrected chi connectivity index (χ3v) is 4.61. The van der Waals surface area contributed by atoms with Gasteiger partial charge in [0.2, 0.25) is 11.8 Å². The monoisotopic (exact) mass is 361 g/mol. The Labute approximate surface area is 154 Å². The minimum atomic E-state index is -0.208. The molecule has 3 aromatic heterocycles. The average Bonchev–Trinajstić information content (AvgIpc) is 3.36. The van der Waals surface area contributed by atoms with Crippen LogP contribution in [0.15, 0.2) is 70.7 Å². The van der Waals surface area contributed by atoms with Crippen molar-refractivity contribution >= 4 is 34.2 Å². The number of nitrogens with one attached hydrogen (secondary N) is 1. The molecule has 1 amide bonds. The number of thiophene rings is 1. The zero-order valence-corrected chi connectivity index (χ0v) is 14.6. The molecule has 0 unspecified atom stereocenters. The average molecular weight is 361 g/mol. The zero-order chi connectivity index (χ0) is 17.8. The number of benzene rings is 1. The lowest BCUT2D eigenvalue weighted by Crippen LogP contribution is -2.20. The van der Waals surface area contributed by atoms with Crippen molar-refractivity contribution in [3.8, 4) is 10.8 Å². The number of rotatable bonds is 5. The van der Waals surface area contributed by atoms with Crippen molar-refractivity contribution in [2.24, 2.45) is 0 Å². The van der Waals surface area contributed by atoms with E-state index >= 15 is 0 Å². The number of oxazole rings is 1. The molecule has 0 atom stereocenters. The summed E-state index contributed by atoms with van der Waals surface area (Å²) in [5, 5.41) is 5.83.